The van der Waals surface area contributed by atoms with E-state index in [-0.39, 0.29) is 11.7 Å². The van der Waals surface area contributed by atoms with Crippen molar-refractivity contribution in [1.29, 1.82) is 0 Å². The van der Waals surface area contributed by atoms with Crippen LogP contribution in [0.2, 0.25) is 0 Å². The Kier molecular flexibility index (Phi) is 7.08. The minimum atomic E-state index is -5.67. The molecule has 30 heavy (non-hydrogen) atoms. The molecule has 0 bridgehead atoms. The third kappa shape index (κ3) is 5.14. The van der Waals surface area contributed by atoms with Gasteiger partial charge in [-0.2, -0.15) is 22.0 Å². The van der Waals surface area contributed by atoms with Crippen LogP contribution in [0.1, 0.15) is 70.3 Å². The van der Waals surface area contributed by atoms with E-state index in [0.29, 0.717) is 18.1 Å². The van der Waals surface area contributed by atoms with E-state index in [1.54, 1.807) is 0 Å². The monoisotopic (exact) mass is 432 g/mol. The number of carbonyl (C=O) groups is 1. The summed E-state index contributed by atoms with van der Waals surface area (Å²) >= 11 is 0. The van der Waals surface area contributed by atoms with Crippen molar-refractivity contribution in [2.45, 2.75) is 76.8 Å². The van der Waals surface area contributed by atoms with Crippen molar-refractivity contribution >= 4 is 5.97 Å². The van der Waals surface area contributed by atoms with Crippen molar-refractivity contribution in [3.63, 3.8) is 0 Å². The van der Waals surface area contributed by atoms with E-state index < -0.39 is 23.6 Å². The van der Waals surface area contributed by atoms with Gasteiger partial charge in [0.25, 0.3) is 0 Å². The van der Waals surface area contributed by atoms with Gasteiger partial charge < -0.3 is 4.74 Å². The van der Waals surface area contributed by atoms with E-state index in [2.05, 4.69) is 6.92 Å². The lowest BCUT2D eigenvalue weighted by Gasteiger charge is -2.37. The van der Waals surface area contributed by atoms with Gasteiger partial charge in [-0.3, -0.25) is 4.79 Å². The van der Waals surface area contributed by atoms with E-state index in [9.17, 15) is 26.7 Å². The van der Waals surface area contributed by atoms with Crippen LogP contribution in [0, 0.1) is 23.7 Å². The van der Waals surface area contributed by atoms with Crippen LogP contribution in [-0.4, -0.2) is 12.1 Å². The average molecular weight is 432 g/mol. The number of hydrogen-bond acceptors (Lipinski definition) is 2. The van der Waals surface area contributed by atoms with Crippen LogP contribution in [0.15, 0.2) is 24.3 Å². The van der Waals surface area contributed by atoms with Crippen LogP contribution in [0.25, 0.3) is 0 Å². The van der Waals surface area contributed by atoms with Crippen molar-refractivity contribution in [3.8, 4) is 5.75 Å². The van der Waals surface area contributed by atoms with E-state index in [1.165, 1.54) is 32.1 Å². The molecule has 1 aromatic carbocycles. The molecule has 0 aliphatic heterocycles. The molecule has 0 radical (unpaired) electrons. The van der Waals surface area contributed by atoms with Crippen molar-refractivity contribution in [1.82, 2.24) is 0 Å². The Balaban J connectivity index is 1.49. The molecule has 2 nitrogen and oxygen atoms in total. The van der Waals surface area contributed by atoms with Crippen molar-refractivity contribution in [2.24, 2.45) is 23.7 Å². The van der Waals surface area contributed by atoms with Gasteiger partial charge in [-0.1, -0.05) is 26.2 Å². The van der Waals surface area contributed by atoms with E-state index in [1.807, 2.05) is 0 Å². The van der Waals surface area contributed by atoms with E-state index in [4.69, 9.17) is 4.74 Å². The summed E-state index contributed by atoms with van der Waals surface area (Å²) in [7, 11) is 0. The number of rotatable bonds is 5. The summed E-state index contributed by atoms with van der Waals surface area (Å²) in [6, 6.07) is 3.29. The first-order valence-electron chi connectivity index (χ1n) is 10.9. The highest BCUT2D eigenvalue weighted by atomic mass is 19.4. The Morgan fingerprint density at radius 2 is 1.37 bits per heavy atom. The minimum absolute atomic E-state index is 0.0123. The lowest BCUT2D eigenvalue weighted by molar-refractivity contribution is -0.289. The molecule has 0 heterocycles. The van der Waals surface area contributed by atoms with Gasteiger partial charge in [-0.15, -0.1) is 0 Å². The maximum Gasteiger partial charge on any atom is 0.458 e. The molecular formula is C23H29F5O2. The Hall–Kier alpha value is -1.66. The van der Waals surface area contributed by atoms with E-state index >= 15 is 0 Å². The molecule has 0 N–H and O–H groups in total. The summed E-state index contributed by atoms with van der Waals surface area (Å²) in [6.45, 7) is 2.25. The quantitative estimate of drug-likeness (QED) is 0.278. The zero-order chi connectivity index (χ0) is 21.9. The molecule has 168 valence electrons. The first kappa shape index (κ1) is 23.0. The number of carbonyl (C=O) groups excluding carboxylic acids is 1. The summed E-state index contributed by atoms with van der Waals surface area (Å²) in [6.07, 6.45) is 4.16. The number of hydrogen-bond donors (Lipinski definition) is 0. The van der Waals surface area contributed by atoms with Gasteiger partial charge in [0.1, 0.15) is 5.75 Å². The van der Waals surface area contributed by atoms with Gasteiger partial charge in [0.15, 0.2) is 0 Å². The predicted molar refractivity (Wildman–Crippen MR) is 103 cm³/mol. The highest BCUT2D eigenvalue weighted by molar-refractivity contribution is 5.75. The standard InChI is InChI=1S/C23H29F5O2/c1-2-15-3-5-16(6-4-15)17-7-9-18(10-8-17)21(29)30-20-13-11-19(12-14-20)22(24,25)23(26,27)28/h11-18H,2-10H2,1H3. The zero-order valence-corrected chi connectivity index (χ0v) is 17.2. The largest absolute Gasteiger partial charge is 0.458 e. The van der Waals surface area contributed by atoms with Gasteiger partial charge in [0, 0.05) is 5.56 Å². The summed E-state index contributed by atoms with van der Waals surface area (Å²) in [5.41, 5.74) is -1.17. The second-order valence-corrected chi connectivity index (χ2v) is 8.82. The van der Waals surface area contributed by atoms with Crippen LogP contribution < -0.4 is 4.74 Å². The maximum atomic E-state index is 13.3. The molecule has 3 rings (SSSR count). The molecular weight excluding hydrogens is 403 g/mol. The highest BCUT2D eigenvalue weighted by Crippen LogP contribution is 2.44. The van der Waals surface area contributed by atoms with Crippen LogP contribution in [-0.2, 0) is 10.7 Å². The normalized spacial score (nSPS) is 28.2. The predicted octanol–water partition coefficient (Wildman–Crippen LogP) is 7.27. The lowest BCUT2D eigenvalue weighted by atomic mass is 9.69. The average Bonchev–Trinajstić information content (AvgIpc) is 2.73. The van der Waals surface area contributed by atoms with E-state index in [0.717, 1.165) is 49.7 Å². The minimum Gasteiger partial charge on any atom is -0.426 e. The smallest absolute Gasteiger partial charge is 0.426 e. The summed E-state index contributed by atoms with van der Waals surface area (Å²) < 4.78 is 69.3. The fraction of sp³-hybridized carbons (Fsp3) is 0.696. The summed E-state index contributed by atoms with van der Waals surface area (Å²) in [5.74, 6) is -3.38. The Labute approximate surface area is 174 Å². The fourth-order valence-electron chi connectivity index (χ4n) is 4.99. The Bertz CT molecular complexity index is 697. The lowest BCUT2D eigenvalue weighted by Crippen LogP contribution is -2.33. The molecule has 2 aliphatic carbocycles. The van der Waals surface area contributed by atoms with Gasteiger partial charge in [0.05, 0.1) is 5.92 Å². The molecule has 2 saturated carbocycles. The number of halogens is 5. The van der Waals surface area contributed by atoms with Crippen LogP contribution in [0.3, 0.4) is 0 Å². The van der Waals surface area contributed by atoms with Crippen LogP contribution >= 0.6 is 0 Å². The number of esters is 1. The molecule has 0 atom stereocenters. The fourth-order valence-corrected chi connectivity index (χ4v) is 4.99. The SMILES string of the molecule is CCC1CCC(C2CCC(C(=O)Oc3ccc(C(F)(F)C(F)(F)F)cc3)CC2)CC1. The molecule has 0 aromatic heterocycles. The number of ether oxygens (including phenoxy) is 1. The van der Waals surface area contributed by atoms with Crippen molar-refractivity contribution < 1.29 is 31.5 Å². The highest BCUT2D eigenvalue weighted by Gasteiger charge is 2.58. The van der Waals surface area contributed by atoms with Gasteiger partial charge in [0.2, 0.25) is 0 Å². The first-order chi connectivity index (χ1) is 14.1. The van der Waals surface area contributed by atoms with Gasteiger partial charge in [-0.05, 0) is 80.5 Å². The van der Waals surface area contributed by atoms with Crippen molar-refractivity contribution in [2.75, 3.05) is 0 Å². The van der Waals surface area contributed by atoms with Gasteiger partial charge in [-0.25, -0.2) is 0 Å². The zero-order valence-electron chi connectivity index (χ0n) is 17.2. The number of alkyl halides is 5. The second kappa shape index (κ2) is 9.23. The molecule has 0 saturated heterocycles. The molecule has 0 spiro atoms. The van der Waals surface area contributed by atoms with Gasteiger partial charge >= 0.3 is 18.1 Å². The first-order valence-corrected chi connectivity index (χ1v) is 10.9. The van der Waals surface area contributed by atoms with Crippen LogP contribution in [0.5, 0.6) is 5.75 Å². The third-order valence-corrected chi connectivity index (χ3v) is 7.03. The Morgan fingerprint density at radius 1 is 0.867 bits per heavy atom. The topological polar surface area (TPSA) is 26.3 Å². The molecule has 2 aliphatic rings. The molecule has 2 fully saturated rings. The molecule has 7 heteroatoms. The molecule has 0 amide bonds. The second-order valence-electron chi connectivity index (χ2n) is 8.82. The summed E-state index contributed by atoms with van der Waals surface area (Å²) in [4.78, 5) is 12.4. The third-order valence-electron chi connectivity index (χ3n) is 7.03. The number of benzene rings is 1. The molecule has 1 aromatic rings. The van der Waals surface area contributed by atoms with Crippen LogP contribution in [0.4, 0.5) is 22.0 Å². The summed E-state index contributed by atoms with van der Waals surface area (Å²) in [5, 5.41) is 0. The van der Waals surface area contributed by atoms with Crippen molar-refractivity contribution in [3.05, 3.63) is 29.8 Å². The Morgan fingerprint density at radius 3 is 1.83 bits per heavy atom. The molecule has 0 unspecified atom stereocenters. The maximum absolute atomic E-state index is 13.3.